The number of halogens is 3. The Morgan fingerprint density at radius 2 is 2.16 bits per heavy atom. The summed E-state index contributed by atoms with van der Waals surface area (Å²) in [6.45, 7) is 4.61. The Balaban J connectivity index is 2.24. The second-order valence-electron chi connectivity index (χ2n) is 5.39. The molecule has 2 bridgehead atoms. The molecular formula is C13H17F3O3. The molecule has 6 heteroatoms. The smallest absolute Gasteiger partial charge is 0.428 e. The summed E-state index contributed by atoms with van der Waals surface area (Å²) >= 11 is 0. The van der Waals surface area contributed by atoms with Crippen molar-refractivity contribution in [1.82, 2.24) is 0 Å². The van der Waals surface area contributed by atoms with E-state index in [4.69, 9.17) is 9.47 Å². The van der Waals surface area contributed by atoms with Gasteiger partial charge in [-0.05, 0) is 25.2 Å². The lowest BCUT2D eigenvalue weighted by molar-refractivity contribution is -0.290. The Morgan fingerprint density at radius 1 is 1.47 bits per heavy atom. The molecule has 2 aliphatic rings. The van der Waals surface area contributed by atoms with E-state index in [1.807, 2.05) is 0 Å². The predicted octanol–water partition coefficient (Wildman–Crippen LogP) is 3.06. The van der Waals surface area contributed by atoms with E-state index in [0.29, 0.717) is 12.8 Å². The van der Waals surface area contributed by atoms with Crippen LogP contribution >= 0.6 is 0 Å². The van der Waals surface area contributed by atoms with Gasteiger partial charge in [0.1, 0.15) is 0 Å². The Morgan fingerprint density at radius 3 is 2.63 bits per heavy atom. The van der Waals surface area contributed by atoms with Crippen molar-refractivity contribution >= 4 is 5.97 Å². The molecule has 0 N–H and O–H groups in total. The molecule has 0 saturated heterocycles. The lowest BCUT2D eigenvalue weighted by Crippen LogP contribution is -2.55. The van der Waals surface area contributed by atoms with Crippen LogP contribution in [0.4, 0.5) is 13.2 Å². The van der Waals surface area contributed by atoms with Gasteiger partial charge in [0.2, 0.25) is 5.60 Å². The first kappa shape index (κ1) is 14.2. The zero-order valence-corrected chi connectivity index (χ0v) is 10.7. The summed E-state index contributed by atoms with van der Waals surface area (Å²) in [7, 11) is 0. The number of alkyl halides is 3. The minimum atomic E-state index is -4.54. The molecule has 0 aromatic heterocycles. The monoisotopic (exact) mass is 278 g/mol. The van der Waals surface area contributed by atoms with E-state index >= 15 is 0 Å². The van der Waals surface area contributed by atoms with Crippen LogP contribution in [0.2, 0.25) is 0 Å². The number of rotatable bonds is 4. The molecule has 0 radical (unpaired) electrons. The zero-order chi connectivity index (χ0) is 14.3. The minimum absolute atomic E-state index is 0.0515. The molecule has 0 aromatic rings. The number of hydrogen-bond donors (Lipinski definition) is 0. The maximum Gasteiger partial charge on any atom is 0.428 e. The third-order valence-corrected chi connectivity index (χ3v) is 4.22. The maximum absolute atomic E-state index is 13.4. The lowest BCUT2D eigenvalue weighted by Gasteiger charge is -2.41. The van der Waals surface area contributed by atoms with Crippen molar-refractivity contribution in [2.24, 2.45) is 17.8 Å². The highest BCUT2D eigenvalue weighted by molar-refractivity contribution is 5.66. The molecule has 0 aromatic carbocycles. The fourth-order valence-corrected chi connectivity index (χ4v) is 3.69. The third kappa shape index (κ3) is 2.32. The van der Waals surface area contributed by atoms with Crippen molar-refractivity contribution in [2.45, 2.75) is 38.0 Å². The van der Waals surface area contributed by atoms with Crippen LogP contribution in [0.3, 0.4) is 0 Å². The van der Waals surface area contributed by atoms with Crippen molar-refractivity contribution in [3.63, 3.8) is 0 Å². The largest absolute Gasteiger partial charge is 0.502 e. The number of carbonyl (C=O) groups is 1. The Bertz CT molecular complexity index is 380. The third-order valence-electron chi connectivity index (χ3n) is 4.22. The number of ether oxygens (including phenoxy) is 2. The maximum atomic E-state index is 13.4. The number of carbonyl (C=O) groups excluding carboxylic acids is 1. The molecule has 2 saturated carbocycles. The average molecular weight is 278 g/mol. The second-order valence-corrected chi connectivity index (χ2v) is 5.39. The fraction of sp³-hybridized carbons (Fsp3) is 0.769. The van der Waals surface area contributed by atoms with Crippen LogP contribution in [-0.2, 0) is 14.3 Å². The summed E-state index contributed by atoms with van der Waals surface area (Å²) in [5.41, 5.74) is -2.32. The summed E-state index contributed by atoms with van der Waals surface area (Å²) in [4.78, 5) is 11.1. The van der Waals surface area contributed by atoms with E-state index in [9.17, 15) is 18.0 Å². The van der Waals surface area contributed by atoms with Gasteiger partial charge >= 0.3 is 12.1 Å². The molecule has 2 rings (SSSR count). The molecule has 108 valence electrons. The van der Waals surface area contributed by atoms with Crippen molar-refractivity contribution in [3.8, 4) is 0 Å². The van der Waals surface area contributed by atoms with Crippen LogP contribution in [0.1, 0.15) is 26.2 Å². The van der Waals surface area contributed by atoms with Gasteiger partial charge in [0.15, 0.2) is 0 Å². The predicted molar refractivity (Wildman–Crippen MR) is 61.0 cm³/mol. The first-order valence-corrected chi connectivity index (χ1v) is 6.29. The molecule has 3 nitrogen and oxygen atoms in total. The van der Waals surface area contributed by atoms with Crippen LogP contribution in [0.15, 0.2) is 12.8 Å². The molecule has 0 spiro atoms. The molecule has 4 unspecified atom stereocenters. The highest BCUT2D eigenvalue weighted by Crippen LogP contribution is 2.61. The summed E-state index contributed by atoms with van der Waals surface area (Å²) in [5, 5.41) is 0. The normalized spacial score (nSPS) is 37.2. The molecule has 2 aliphatic carbocycles. The van der Waals surface area contributed by atoms with Crippen LogP contribution in [0, 0.1) is 17.8 Å². The van der Waals surface area contributed by atoms with E-state index in [-0.39, 0.29) is 24.9 Å². The number of esters is 1. The number of hydrogen-bond acceptors (Lipinski definition) is 3. The van der Waals surface area contributed by atoms with Crippen molar-refractivity contribution < 1.29 is 27.4 Å². The van der Waals surface area contributed by atoms with Crippen molar-refractivity contribution in [3.05, 3.63) is 12.8 Å². The van der Waals surface area contributed by atoms with E-state index in [1.165, 1.54) is 6.26 Å². The quantitative estimate of drug-likeness (QED) is 0.585. The Labute approximate surface area is 109 Å². The van der Waals surface area contributed by atoms with Crippen LogP contribution in [0.5, 0.6) is 0 Å². The van der Waals surface area contributed by atoms with Crippen LogP contribution in [-0.4, -0.2) is 24.4 Å². The summed E-state index contributed by atoms with van der Waals surface area (Å²) in [6, 6.07) is 0. The first-order chi connectivity index (χ1) is 8.80. The van der Waals surface area contributed by atoms with Gasteiger partial charge in [0.25, 0.3) is 0 Å². The van der Waals surface area contributed by atoms with E-state index in [2.05, 4.69) is 6.58 Å². The SMILES string of the molecule is C=COCC1CC2CC1C(OC(C)=O)(C(F)(F)F)C2. The highest BCUT2D eigenvalue weighted by Gasteiger charge is 2.70. The minimum Gasteiger partial charge on any atom is -0.502 e. The topological polar surface area (TPSA) is 35.5 Å². The van der Waals surface area contributed by atoms with Crippen molar-refractivity contribution in [2.75, 3.05) is 6.61 Å². The molecule has 19 heavy (non-hydrogen) atoms. The van der Waals surface area contributed by atoms with E-state index in [1.54, 1.807) is 0 Å². The summed E-state index contributed by atoms with van der Waals surface area (Å²) < 4.78 is 50.0. The van der Waals surface area contributed by atoms with Crippen LogP contribution in [0.25, 0.3) is 0 Å². The van der Waals surface area contributed by atoms with Gasteiger partial charge in [-0.1, -0.05) is 6.58 Å². The summed E-state index contributed by atoms with van der Waals surface area (Å²) in [5.74, 6) is -1.88. The molecule has 0 heterocycles. The van der Waals surface area contributed by atoms with Gasteiger partial charge in [-0.15, -0.1) is 0 Å². The molecule has 4 atom stereocenters. The van der Waals surface area contributed by atoms with Gasteiger partial charge in [0, 0.05) is 18.8 Å². The Kier molecular flexibility index (Phi) is 3.53. The molecule has 2 fully saturated rings. The van der Waals surface area contributed by atoms with Crippen LogP contribution < -0.4 is 0 Å². The fourth-order valence-electron chi connectivity index (χ4n) is 3.69. The second kappa shape index (κ2) is 4.72. The molecule has 0 amide bonds. The van der Waals surface area contributed by atoms with Crippen molar-refractivity contribution in [1.29, 1.82) is 0 Å². The summed E-state index contributed by atoms with van der Waals surface area (Å²) in [6.07, 6.45) is -2.29. The van der Waals surface area contributed by atoms with Gasteiger partial charge in [0.05, 0.1) is 12.9 Å². The molecular weight excluding hydrogens is 261 g/mol. The van der Waals surface area contributed by atoms with E-state index < -0.39 is 23.7 Å². The lowest BCUT2D eigenvalue weighted by atomic mass is 9.76. The first-order valence-electron chi connectivity index (χ1n) is 6.29. The standard InChI is InChI=1S/C13H17F3O3/c1-3-18-7-10-4-9-5-11(10)12(6-9,13(14,15)16)19-8(2)17/h3,9-11H,1,4-7H2,2H3. The zero-order valence-electron chi connectivity index (χ0n) is 10.7. The highest BCUT2D eigenvalue weighted by atomic mass is 19.4. The van der Waals surface area contributed by atoms with Gasteiger partial charge in [-0.3, -0.25) is 4.79 Å². The van der Waals surface area contributed by atoms with E-state index in [0.717, 1.165) is 6.92 Å². The molecule has 0 aliphatic heterocycles. The van der Waals surface area contributed by atoms with Gasteiger partial charge < -0.3 is 9.47 Å². The average Bonchev–Trinajstić information content (AvgIpc) is 2.81. The number of fused-ring (bicyclic) bond motifs is 2. The van der Waals surface area contributed by atoms with Gasteiger partial charge in [-0.2, -0.15) is 13.2 Å². The Hall–Kier alpha value is -1.20. The van der Waals surface area contributed by atoms with Gasteiger partial charge in [-0.25, -0.2) is 0 Å².